The van der Waals surface area contributed by atoms with Gasteiger partial charge in [-0.3, -0.25) is 5.01 Å². The Hall–Kier alpha value is -2.07. The number of fused-ring (bicyclic) bond motifs is 1. The topological polar surface area (TPSA) is 69.5 Å². The third-order valence-corrected chi connectivity index (χ3v) is 2.24. The van der Waals surface area contributed by atoms with Crippen LogP contribution in [0, 0.1) is 11.3 Å². The van der Waals surface area contributed by atoms with E-state index in [4.69, 9.17) is 10.1 Å². The quantitative estimate of drug-likeness (QED) is 0.463. The fourth-order valence-corrected chi connectivity index (χ4v) is 1.45. The number of benzene rings is 1. The minimum absolute atomic E-state index is 0.105. The monoisotopic (exact) mass is 232 g/mol. The average Bonchev–Trinajstić information content (AvgIpc) is 2.78. The van der Waals surface area contributed by atoms with Crippen LogP contribution in [0.25, 0.3) is 0 Å². The van der Waals surface area contributed by atoms with Gasteiger partial charge in [0.25, 0.3) is 0 Å². The highest BCUT2D eigenvalue weighted by Crippen LogP contribution is 2.28. The standard InChI is InChI=1S/C11H12N4O2/c1-16-17-8-9(6-12)7-15-11-5-3-2-4-10(11)13-14-15/h2-5,7,13-14H,8H2,1H3/b9-7-. The normalized spacial score (nSPS) is 14.1. The number of nitrogens with zero attached hydrogens (tertiary/aromatic N) is 2. The number of hydrazine groups is 2. The molecule has 6 heteroatoms. The Kier molecular flexibility index (Phi) is 3.57. The molecule has 0 radical (unpaired) electrons. The second-order valence-electron chi connectivity index (χ2n) is 3.32. The van der Waals surface area contributed by atoms with Crippen LogP contribution in [-0.2, 0) is 9.78 Å². The third-order valence-electron chi connectivity index (χ3n) is 2.24. The van der Waals surface area contributed by atoms with E-state index in [1.807, 2.05) is 30.3 Å². The molecule has 0 unspecified atom stereocenters. The number of para-hydroxylation sites is 2. The smallest absolute Gasteiger partial charge is 0.119 e. The van der Waals surface area contributed by atoms with E-state index >= 15 is 0 Å². The Labute approximate surface area is 98.9 Å². The van der Waals surface area contributed by atoms with Crippen LogP contribution in [-0.4, -0.2) is 13.7 Å². The molecule has 1 aromatic rings. The van der Waals surface area contributed by atoms with Gasteiger partial charge in [-0.25, -0.2) is 9.78 Å². The molecule has 0 bridgehead atoms. The average molecular weight is 232 g/mol. The van der Waals surface area contributed by atoms with Crippen LogP contribution in [0.2, 0.25) is 0 Å². The Morgan fingerprint density at radius 3 is 3.12 bits per heavy atom. The molecule has 0 aliphatic carbocycles. The van der Waals surface area contributed by atoms with Gasteiger partial charge in [-0.1, -0.05) is 12.1 Å². The maximum absolute atomic E-state index is 8.93. The summed E-state index contributed by atoms with van der Waals surface area (Å²) < 4.78 is 0. The first-order chi connectivity index (χ1) is 8.35. The second kappa shape index (κ2) is 5.32. The zero-order chi connectivity index (χ0) is 12.1. The van der Waals surface area contributed by atoms with E-state index in [0.717, 1.165) is 11.4 Å². The number of hydrogen-bond donors (Lipinski definition) is 2. The lowest BCUT2D eigenvalue weighted by Crippen LogP contribution is -2.31. The van der Waals surface area contributed by atoms with E-state index in [1.54, 1.807) is 11.2 Å². The predicted molar refractivity (Wildman–Crippen MR) is 62.3 cm³/mol. The van der Waals surface area contributed by atoms with Crippen LogP contribution in [0.3, 0.4) is 0 Å². The van der Waals surface area contributed by atoms with Crippen molar-refractivity contribution in [2.45, 2.75) is 0 Å². The molecule has 0 amide bonds. The third kappa shape index (κ3) is 2.54. The van der Waals surface area contributed by atoms with Crippen molar-refractivity contribution in [3.05, 3.63) is 36.0 Å². The molecule has 1 aliphatic rings. The fourth-order valence-electron chi connectivity index (χ4n) is 1.45. The number of anilines is 2. The highest BCUT2D eigenvalue weighted by atomic mass is 17.2. The SMILES string of the molecule is COOC/C(C#N)=C\N1NNc2ccccc21. The summed E-state index contributed by atoms with van der Waals surface area (Å²) in [6, 6.07) is 9.77. The van der Waals surface area contributed by atoms with Gasteiger partial charge in [0.15, 0.2) is 0 Å². The van der Waals surface area contributed by atoms with E-state index in [1.165, 1.54) is 7.11 Å². The largest absolute Gasteiger partial charge is 0.301 e. The first-order valence-electron chi connectivity index (χ1n) is 5.01. The highest BCUT2D eigenvalue weighted by Gasteiger charge is 2.16. The zero-order valence-corrected chi connectivity index (χ0v) is 9.30. The first-order valence-corrected chi connectivity index (χ1v) is 5.01. The van der Waals surface area contributed by atoms with Gasteiger partial charge in [0.05, 0.1) is 30.1 Å². The molecule has 6 nitrogen and oxygen atoms in total. The molecule has 1 heterocycles. The Morgan fingerprint density at radius 2 is 2.35 bits per heavy atom. The van der Waals surface area contributed by atoms with E-state index in [-0.39, 0.29) is 6.61 Å². The summed E-state index contributed by atoms with van der Waals surface area (Å²) in [7, 11) is 1.40. The molecule has 0 saturated carbocycles. The summed E-state index contributed by atoms with van der Waals surface area (Å²) in [5, 5.41) is 10.6. The van der Waals surface area contributed by atoms with E-state index < -0.39 is 0 Å². The van der Waals surface area contributed by atoms with Crippen LogP contribution in [0.1, 0.15) is 0 Å². The van der Waals surface area contributed by atoms with E-state index in [9.17, 15) is 0 Å². The van der Waals surface area contributed by atoms with Crippen molar-refractivity contribution in [3.8, 4) is 6.07 Å². The van der Waals surface area contributed by atoms with Crippen LogP contribution < -0.4 is 16.0 Å². The van der Waals surface area contributed by atoms with Crippen LogP contribution in [0.4, 0.5) is 11.4 Å². The van der Waals surface area contributed by atoms with Gasteiger partial charge >= 0.3 is 0 Å². The molecule has 0 fully saturated rings. The van der Waals surface area contributed by atoms with Crippen molar-refractivity contribution in [3.63, 3.8) is 0 Å². The number of nitriles is 1. The van der Waals surface area contributed by atoms with Gasteiger partial charge in [-0.05, 0) is 12.1 Å². The number of hydrogen-bond acceptors (Lipinski definition) is 6. The first kappa shape index (κ1) is 11.4. The highest BCUT2D eigenvalue weighted by molar-refractivity contribution is 5.74. The molecule has 88 valence electrons. The maximum Gasteiger partial charge on any atom is 0.119 e. The van der Waals surface area contributed by atoms with Crippen molar-refractivity contribution in [2.24, 2.45) is 0 Å². The second-order valence-corrected chi connectivity index (χ2v) is 3.32. The van der Waals surface area contributed by atoms with E-state index in [2.05, 4.69) is 15.8 Å². The number of rotatable bonds is 4. The van der Waals surface area contributed by atoms with Crippen molar-refractivity contribution < 1.29 is 9.78 Å². The molecule has 17 heavy (non-hydrogen) atoms. The van der Waals surface area contributed by atoms with Crippen LogP contribution >= 0.6 is 0 Å². The van der Waals surface area contributed by atoms with Gasteiger partial charge in [-0.15, -0.1) is 5.53 Å². The lowest BCUT2D eigenvalue weighted by atomic mass is 10.2. The summed E-state index contributed by atoms with van der Waals surface area (Å²) in [5.74, 6) is 0. The molecule has 2 N–H and O–H groups in total. The molecule has 1 aromatic carbocycles. The summed E-state index contributed by atoms with van der Waals surface area (Å²) in [6.07, 6.45) is 1.65. The van der Waals surface area contributed by atoms with Crippen LogP contribution in [0.5, 0.6) is 0 Å². The van der Waals surface area contributed by atoms with Crippen molar-refractivity contribution in [1.29, 1.82) is 5.26 Å². The Balaban J connectivity index is 2.15. The zero-order valence-electron chi connectivity index (χ0n) is 9.30. The fraction of sp³-hybridized carbons (Fsp3) is 0.182. The van der Waals surface area contributed by atoms with Gasteiger partial charge in [0, 0.05) is 6.20 Å². The minimum Gasteiger partial charge on any atom is -0.301 e. The summed E-state index contributed by atoms with van der Waals surface area (Å²) in [5.41, 5.74) is 8.25. The maximum atomic E-state index is 8.93. The molecular weight excluding hydrogens is 220 g/mol. The molecule has 0 spiro atoms. The molecule has 2 rings (SSSR count). The van der Waals surface area contributed by atoms with Gasteiger partial charge in [0.2, 0.25) is 0 Å². The molecule has 0 atom stereocenters. The summed E-state index contributed by atoms with van der Waals surface area (Å²) in [6.45, 7) is 0.105. The molecule has 0 aromatic heterocycles. The Bertz CT molecular complexity index is 467. The summed E-state index contributed by atoms with van der Waals surface area (Å²) >= 11 is 0. The molecule has 1 aliphatic heterocycles. The van der Waals surface area contributed by atoms with Crippen molar-refractivity contribution in [2.75, 3.05) is 24.2 Å². The predicted octanol–water partition coefficient (Wildman–Crippen LogP) is 1.32. The van der Waals surface area contributed by atoms with E-state index in [0.29, 0.717) is 5.57 Å². The molecule has 0 saturated heterocycles. The molecular formula is C11H12N4O2. The van der Waals surface area contributed by atoms with Gasteiger partial charge in [0.1, 0.15) is 6.61 Å². The Morgan fingerprint density at radius 1 is 1.53 bits per heavy atom. The van der Waals surface area contributed by atoms with Crippen LogP contribution in [0.15, 0.2) is 36.0 Å². The van der Waals surface area contributed by atoms with Gasteiger partial charge < -0.3 is 5.43 Å². The van der Waals surface area contributed by atoms with Crippen molar-refractivity contribution >= 4 is 11.4 Å². The number of nitrogens with one attached hydrogen (secondary N) is 2. The lowest BCUT2D eigenvalue weighted by molar-refractivity contribution is -0.264. The van der Waals surface area contributed by atoms with Crippen molar-refractivity contribution in [1.82, 2.24) is 5.53 Å². The summed E-state index contributed by atoms with van der Waals surface area (Å²) in [4.78, 5) is 9.18. The van der Waals surface area contributed by atoms with Gasteiger partial charge in [-0.2, -0.15) is 5.26 Å². The minimum atomic E-state index is 0.105. The lowest BCUT2D eigenvalue weighted by Gasteiger charge is -2.12.